The summed E-state index contributed by atoms with van der Waals surface area (Å²) in [6.07, 6.45) is 0. The summed E-state index contributed by atoms with van der Waals surface area (Å²) in [5.74, 6) is 0.850. The molecule has 0 atom stereocenters. The molecule has 1 aliphatic rings. The Kier molecular flexibility index (Phi) is 6.01. The zero-order chi connectivity index (χ0) is 18.5. The van der Waals surface area contributed by atoms with Gasteiger partial charge in [0.25, 0.3) is 0 Å². The van der Waals surface area contributed by atoms with Crippen LogP contribution in [-0.4, -0.2) is 50.6 Å². The van der Waals surface area contributed by atoms with Crippen molar-refractivity contribution in [3.05, 3.63) is 53.1 Å². The van der Waals surface area contributed by atoms with Gasteiger partial charge in [0.05, 0.1) is 13.7 Å². The van der Waals surface area contributed by atoms with Gasteiger partial charge in [-0.1, -0.05) is 17.7 Å². The number of methoxy groups -OCH3 is 1. The third-order valence-corrected chi connectivity index (χ3v) is 5.04. The van der Waals surface area contributed by atoms with E-state index in [0.29, 0.717) is 11.6 Å². The molecule has 6 heteroatoms. The Bertz CT molecular complexity index is 756. The van der Waals surface area contributed by atoms with E-state index in [1.54, 1.807) is 13.2 Å². The molecule has 0 aromatic heterocycles. The van der Waals surface area contributed by atoms with Crippen LogP contribution in [0.15, 0.2) is 42.5 Å². The van der Waals surface area contributed by atoms with Gasteiger partial charge in [0.1, 0.15) is 5.75 Å². The van der Waals surface area contributed by atoms with Crippen LogP contribution in [0.3, 0.4) is 0 Å². The maximum Gasteiger partial charge on any atom is 0.238 e. The minimum atomic E-state index is -0.0113. The fourth-order valence-corrected chi connectivity index (χ4v) is 3.21. The number of piperazine rings is 1. The summed E-state index contributed by atoms with van der Waals surface area (Å²) in [6, 6.07) is 13.7. The first-order chi connectivity index (χ1) is 12.5. The highest BCUT2D eigenvalue weighted by Crippen LogP contribution is 2.21. The number of ether oxygens (including phenoxy) is 1. The Morgan fingerprint density at radius 2 is 1.81 bits per heavy atom. The largest absolute Gasteiger partial charge is 0.497 e. The van der Waals surface area contributed by atoms with Gasteiger partial charge in [-0.05, 0) is 48.9 Å². The Morgan fingerprint density at radius 1 is 1.12 bits per heavy atom. The summed E-state index contributed by atoms with van der Waals surface area (Å²) in [5.41, 5.74) is 2.92. The first-order valence-corrected chi connectivity index (χ1v) is 9.10. The van der Waals surface area contributed by atoms with Gasteiger partial charge in [0.15, 0.2) is 0 Å². The molecule has 0 unspecified atom stereocenters. The number of rotatable bonds is 5. The van der Waals surface area contributed by atoms with Crippen molar-refractivity contribution in [3.63, 3.8) is 0 Å². The van der Waals surface area contributed by atoms with Crippen molar-refractivity contribution < 1.29 is 9.53 Å². The second kappa shape index (κ2) is 8.43. The second-order valence-electron chi connectivity index (χ2n) is 6.47. The Labute approximate surface area is 159 Å². The van der Waals surface area contributed by atoms with Gasteiger partial charge < -0.3 is 15.0 Å². The van der Waals surface area contributed by atoms with Crippen LogP contribution in [-0.2, 0) is 4.79 Å². The third kappa shape index (κ3) is 4.68. The van der Waals surface area contributed by atoms with Gasteiger partial charge in [-0.15, -0.1) is 0 Å². The predicted molar refractivity (Wildman–Crippen MR) is 106 cm³/mol. The lowest BCUT2D eigenvalue weighted by molar-refractivity contribution is -0.117. The molecule has 0 saturated carbocycles. The molecule has 0 bridgehead atoms. The standard InChI is InChI=1S/C20H24ClN3O2/c1-15-3-4-16(13-19(15)21)22-20(25)14-23-9-11-24(12-10-23)17-5-7-18(26-2)8-6-17/h3-8,13H,9-12,14H2,1-2H3,(H,22,25). The van der Waals surface area contributed by atoms with E-state index in [1.165, 1.54) is 5.69 Å². The third-order valence-electron chi connectivity index (χ3n) is 4.63. The van der Waals surface area contributed by atoms with Crippen molar-refractivity contribution in [1.29, 1.82) is 0 Å². The maximum atomic E-state index is 12.3. The monoisotopic (exact) mass is 373 g/mol. The lowest BCUT2D eigenvalue weighted by atomic mass is 10.2. The smallest absolute Gasteiger partial charge is 0.238 e. The Balaban J connectivity index is 1.48. The van der Waals surface area contributed by atoms with Crippen molar-refractivity contribution in [2.24, 2.45) is 0 Å². The summed E-state index contributed by atoms with van der Waals surface area (Å²) in [4.78, 5) is 16.8. The van der Waals surface area contributed by atoms with E-state index in [9.17, 15) is 4.79 Å². The minimum absolute atomic E-state index is 0.0113. The lowest BCUT2D eigenvalue weighted by Crippen LogP contribution is -2.48. The lowest BCUT2D eigenvalue weighted by Gasteiger charge is -2.35. The van der Waals surface area contributed by atoms with Gasteiger partial charge >= 0.3 is 0 Å². The van der Waals surface area contributed by atoms with Gasteiger partial charge in [-0.2, -0.15) is 0 Å². The zero-order valence-corrected chi connectivity index (χ0v) is 15.9. The molecule has 138 valence electrons. The summed E-state index contributed by atoms with van der Waals surface area (Å²) in [7, 11) is 1.67. The van der Waals surface area contributed by atoms with Crippen LogP contribution in [0.5, 0.6) is 5.75 Å². The molecule has 26 heavy (non-hydrogen) atoms. The van der Waals surface area contributed by atoms with Crippen LogP contribution >= 0.6 is 11.6 Å². The number of benzene rings is 2. The van der Waals surface area contributed by atoms with Crippen molar-refractivity contribution in [2.75, 3.05) is 50.1 Å². The number of carbonyl (C=O) groups is 1. The normalized spacial score (nSPS) is 15.0. The Hall–Kier alpha value is -2.24. The van der Waals surface area contributed by atoms with E-state index >= 15 is 0 Å². The molecular formula is C20H24ClN3O2. The number of hydrogen-bond acceptors (Lipinski definition) is 4. The molecule has 1 heterocycles. The predicted octanol–water partition coefficient (Wildman–Crippen LogP) is 3.42. The van der Waals surface area contributed by atoms with Gasteiger partial charge in [-0.3, -0.25) is 9.69 Å². The molecule has 1 saturated heterocycles. The molecule has 1 aliphatic heterocycles. The molecule has 5 nitrogen and oxygen atoms in total. The Morgan fingerprint density at radius 3 is 2.42 bits per heavy atom. The van der Waals surface area contributed by atoms with Crippen LogP contribution in [0.25, 0.3) is 0 Å². The molecule has 2 aromatic carbocycles. The van der Waals surface area contributed by atoms with Crippen LogP contribution in [0.4, 0.5) is 11.4 Å². The number of anilines is 2. The van der Waals surface area contributed by atoms with Crippen LogP contribution in [0, 0.1) is 6.92 Å². The molecule has 1 N–H and O–H groups in total. The molecule has 1 fully saturated rings. The highest BCUT2D eigenvalue weighted by molar-refractivity contribution is 6.31. The van der Waals surface area contributed by atoms with Gasteiger partial charge in [0.2, 0.25) is 5.91 Å². The molecule has 3 rings (SSSR count). The molecular weight excluding hydrogens is 350 g/mol. The molecule has 0 spiro atoms. The zero-order valence-electron chi connectivity index (χ0n) is 15.2. The van der Waals surface area contributed by atoms with Crippen molar-refractivity contribution in [1.82, 2.24) is 4.90 Å². The van der Waals surface area contributed by atoms with E-state index in [2.05, 4.69) is 27.2 Å². The van der Waals surface area contributed by atoms with Gasteiger partial charge in [0, 0.05) is 42.6 Å². The van der Waals surface area contributed by atoms with Crippen LogP contribution < -0.4 is 15.0 Å². The van der Waals surface area contributed by atoms with E-state index < -0.39 is 0 Å². The first kappa shape index (κ1) is 18.5. The number of carbonyl (C=O) groups excluding carboxylic acids is 1. The summed E-state index contributed by atoms with van der Waals surface area (Å²) in [6.45, 7) is 5.84. The second-order valence-corrected chi connectivity index (χ2v) is 6.88. The van der Waals surface area contributed by atoms with Gasteiger partial charge in [-0.25, -0.2) is 0 Å². The fraction of sp³-hybridized carbons (Fsp3) is 0.350. The number of aryl methyl sites for hydroxylation is 1. The average Bonchev–Trinajstić information content (AvgIpc) is 2.65. The highest BCUT2D eigenvalue weighted by Gasteiger charge is 2.19. The first-order valence-electron chi connectivity index (χ1n) is 8.72. The maximum absolute atomic E-state index is 12.3. The summed E-state index contributed by atoms with van der Waals surface area (Å²) in [5, 5.41) is 3.58. The summed E-state index contributed by atoms with van der Waals surface area (Å²) < 4.78 is 5.20. The molecule has 0 radical (unpaired) electrons. The fourth-order valence-electron chi connectivity index (χ4n) is 3.03. The number of halogens is 1. The van der Waals surface area contributed by atoms with Crippen LogP contribution in [0.2, 0.25) is 5.02 Å². The number of amides is 1. The average molecular weight is 374 g/mol. The minimum Gasteiger partial charge on any atom is -0.497 e. The molecule has 2 aromatic rings. The topological polar surface area (TPSA) is 44.8 Å². The van der Waals surface area contributed by atoms with Crippen molar-refractivity contribution >= 4 is 28.9 Å². The quantitative estimate of drug-likeness (QED) is 0.872. The van der Waals surface area contributed by atoms with E-state index in [4.69, 9.17) is 16.3 Å². The molecule has 1 amide bonds. The molecule has 0 aliphatic carbocycles. The highest BCUT2D eigenvalue weighted by atomic mass is 35.5. The number of nitrogens with zero attached hydrogens (tertiary/aromatic N) is 2. The van der Waals surface area contributed by atoms with Crippen molar-refractivity contribution in [3.8, 4) is 5.75 Å². The van der Waals surface area contributed by atoms with E-state index in [-0.39, 0.29) is 5.91 Å². The number of hydrogen-bond donors (Lipinski definition) is 1. The number of nitrogens with one attached hydrogen (secondary N) is 1. The van der Waals surface area contributed by atoms with E-state index in [0.717, 1.165) is 43.2 Å². The SMILES string of the molecule is COc1ccc(N2CCN(CC(=O)Nc3ccc(C)c(Cl)c3)CC2)cc1. The van der Waals surface area contributed by atoms with E-state index in [1.807, 2.05) is 31.2 Å². The summed E-state index contributed by atoms with van der Waals surface area (Å²) >= 11 is 6.11. The van der Waals surface area contributed by atoms with Crippen LogP contribution in [0.1, 0.15) is 5.56 Å². The van der Waals surface area contributed by atoms with Crippen molar-refractivity contribution in [2.45, 2.75) is 6.92 Å².